The molecule has 0 amide bonds. The number of hydrogen-bond donors (Lipinski definition) is 0. The van der Waals surface area contributed by atoms with Gasteiger partial charge in [-0.1, -0.05) is 36.4 Å². The average molecular weight is 393 g/mol. The highest BCUT2D eigenvalue weighted by molar-refractivity contribution is 6.03. The van der Waals surface area contributed by atoms with Crippen LogP contribution in [0.2, 0.25) is 0 Å². The Labute approximate surface area is 166 Å². The van der Waals surface area contributed by atoms with Gasteiger partial charge in [-0.15, -0.1) is 0 Å². The van der Waals surface area contributed by atoms with Crippen molar-refractivity contribution in [3.63, 3.8) is 0 Å². The first kappa shape index (κ1) is 16.6. The summed E-state index contributed by atoms with van der Waals surface area (Å²) in [6.07, 6.45) is 0. The summed E-state index contributed by atoms with van der Waals surface area (Å²) in [5, 5.41) is 3.87. The maximum absolute atomic E-state index is 13.2. The number of fused-ring (bicyclic) bond motifs is 4. The fraction of sp³-hybridized carbons (Fsp3) is 0. The van der Waals surface area contributed by atoms with E-state index >= 15 is 0 Å². The smallest absolute Gasteiger partial charge is 0.346 e. The Morgan fingerprint density at radius 3 is 1.73 bits per heavy atom. The third-order valence-electron chi connectivity index (χ3n) is 5.61. The summed E-state index contributed by atoms with van der Waals surface area (Å²) in [5.74, 6) is 0. The second kappa shape index (κ2) is 5.61. The normalized spacial score (nSPS) is 11.9. The van der Waals surface area contributed by atoms with Crippen molar-refractivity contribution in [1.29, 1.82) is 0 Å². The van der Waals surface area contributed by atoms with Gasteiger partial charge in [0.2, 0.25) is 0 Å². The third-order valence-corrected chi connectivity index (χ3v) is 5.61. The van der Waals surface area contributed by atoms with Crippen LogP contribution in [0.25, 0.3) is 48.8 Å². The van der Waals surface area contributed by atoms with Gasteiger partial charge >= 0.3 is 11.3 Å². The van der Waals surface area contributed by atoms with Crippen LogP contribution in [-0.2, 0) is 0 Å². The van der Waals surface area contributed by atoms with E-state index in [0.29, 0.717) is 5.69 Å². The van der Waals surface area contributed by atoms with Crippen LogP contribution in [0, 0.1) is 0 Å². The van der Waals surface area contributed by atoms with Crippen molar-refractivity contribution >= 4 is 43.1 Å². The quantitative estimate of drug-likeness (QED) is 0.401. The number of hydrogen-bond acceptors (Lipinski definition) is 5. The predicted molar refractivity (Wildman–Crippen MR) is 116 cm³/mol. The summed E-state index contributed by atoms with van der Waals surface area (Å²) in [4.78, 5) is 50.1. The molecule has 0 unspecified atom stereocenters. The van der Waals surface area contributed by atoms with E-state index in [2.05, 4.69) is 4.42 Å². The van der Waals surface area contributed by atoms with Crippen LogP contribution >= 0.6 is 0 Å². The fourth-order valence-corrected chi connectivity index (χ4v) is 4.18. The van der Waals surface area contributed by atoms with Crippen molar-refractivity contribution in [2.24, 2.45) is 0 Å². The van der Waals surface area contributed by atoms with Gasteiger partial charge in [0.1, 0.15) is 0 Å². The Kier molecular flexibility index (Phi) is 3.11. The molecule has 4 aromatic carbocycles. The first-order valence-electron chi connectivity index (χ1n) is 9.28. The fourth-order valence-electron chi connectivity index (χ4n) is 4.18. The van der Waals surface area contributed by atoms with Crippen LogP contribution in [0.1, 0.15) is 0 Å². The molecule has 0 aliphatic heterocycles. The summed E-state index contributed by atoms with van der Waals surface area (Å²) in [7, 11) is 0. The minimum atomic E-state index is -0.812. The summed E-state index contributed by atoms with van der Waals surface area (Å²) >= 11 is 0. The minimum Gasteiger partial charge on any atom is -0.386 e. The molecule has 0 N–H and O–H groups in total. The highest BCUT2D eigenvalue weighted by Crippen LogP contribution is 2.27. The molecule has 2 aromatic heterocycles. The van der Waals surface area contributed by atoms with Gasteiger partial charge in [-0.2, -0.15) is 0 Å². The van der Waals surface area contributed by atoms with E-state index in [9.17, 15) is 19.2 Å². The lowest BCUT2D eigenvalue weighted by atomic mass is 10.0. The van der Waals surface area contributed by atoms with Crippen LogP contribution in [0.3, 0.4) is 0 Å². The molecule has 0 spiro atoms. The van der Waals surface area contributed by atoms with E-state index in [0.717, 1.165) is 26.1 Å². The second-order valence-corrected chi connectivity index (χ2v) is 7.26. The second-order valence-electron chi connectivity index (χ2n) is 7.26. The lowest BCUT2D eigenvalue weighted by molar-refractivity contribution is 0.500. The monoisotopic (exact) mass is 393 g/mol. The van der Waals surface area contributed by atoms with Gasteiger partial charge in [0.25, 0.3) is 11.1 Å². The molecule has 142 valence electrons. The summed E-state index contributed by atoms with van der Waals surface area (Å²) < 4.78 is 5.68. The number of furan rings is 1. The zero-order valence-electron chi connectivity index (χ0n) is 15.3. The van der Waals surface area contributed by atoms with Gasteiger partial charge in [-0.25, -0.2) is 14.2 Å². The first-order valence-corrected chi connectivity index (χ1v) is 9.28. The molecule has 6 nitrogen and oxygen atoms in total. The lowest BCUT2D eigenvalue weighted by Crippen LogP contribution is -2.23. The molecule has 0 saturated heterocycles. The molecule has 0 fully saturated rings. The topological polar surface area (TPSA) is 86.3 Å². The SMILES string of the molecule is O=c1oc(=O)c2cc3c(=O)n(-c4cccc5cc6ccccc6cc45)c(=O)c3cc12. The van der Waals surface area contributed by atoms with E-state index < -0.39 is 22.4 Å². The molecule has 2 heterocycles. The molecule has 6 aromatic rings. The molecular formula is C24H11NO5. The summed E-state index contributed by atoms with van der Waals surface area (Å²) in [5.41, 5.74) is -2.24. The van der Waals surface area contributed by atoms with Gasteiger partial charge in [0, 0.05) is 5.39 Å². The molecule has 30 heavy (non-hydrogen) atoms. The molecule has 0 bridgehead atoms. The van der Waals surface area contributed by atoms with Crippen molar-refractivity contribution in [3.8, 4) is 5.69 Å². The molecule has 0 saturated carbocycles. The zero-order chi connectivity index (χ0) is 20.6. The highest BCUT2D eigenvalue weighted by Gasteiger charge is 2.20. The van der Waals surface area contributed by atoms with Crippen molar-refractivity contribution in [3.05, 3.63) is 108 Å². The van der Waals surface area contributed by atoms with Crippen molar-refractivity contribution in [1.82, 2.24) is 4.57 Å². The molecule has 0 aliphatic rings. The summed E-state index contributed by atoms with van der Waals surface area (Å²) in [6, 6.07) is 19.8. The zero-order valence-corrected chi connectivity index (χ0v) is 15.3. The highest BCUT2D eigenvalue weighted by atomic mass is 16.4. The maximum Gasteiger partial charge on any atom is 0.346 e. The van der Waals surface area contributed by atoms with Crippen LogP contribution in [-0.4, -0.2) is 4.57 Å². The van der Waals surface area contributed by atoms with Crippen LogP contribution in [0.15, 0.2) is 90.3 Å². The number of nitrogens with zero attached hydrogens (tertiary/aromatic N) is 1. The van der Waals surface area contributed by atoms with E-state index in [-0.39, 0.29) is 21.5 Å². The van der Waals surface area contributed by atoms with Gasteiger partial charge in [0.05, 0.1) is 27.2 Å². The number of benzene rings is 4. The maximum atomic E-state index is 13.2. The lowest BCUT2D eigenvalue weighted by Gasteiger charge is -2.08. The average Bonchev–Trinajstić information content (AvgIpc) is 3.17. The molecule has 0 atom stereocenters. The van der Waals surface area contributed by atoms with Crippen molar-refractivity contribution < 1.29 is 4.42 Å². The molecule has 6 heteroatoms. The molecular weight excluding hydrogens is 382 g/mol. The van der Waals surface area contributed by atoms with Gasteiger partial charge in [0.15, 0.2) is 0 Å². The number of aromatic nitrogens is 1. The van der Waals surface area contributed by atoms with E-state index in [1.165, 1.54) is 12.1 Å². The van der Waals surface area contributed by atoms with Crippen LogP contribution in [0.4, 0.5) is 0 Å². The first-order chi connectivity index (χ1) is 14.5. The van der Waals surface area contributed by atoms with Crippen molar-refractivity contribution in [2.75, 3.05) is 0 Å². The van der Waals surface area contributed by atoms with Crippen LogP contribution < -0.4 is 22.4 Å². The Morgan fingerprint density at radius 2 is 1.10 bits per heavy atom. The van der Waals surface area contributed by atoms with Gasteiger partial charge in [-0.05, 0) is 46.5 Å². The minimum absolute atomic E-state index is 0.00524. The van der Waals surface area contributed by atoms with E-state index in [1.54, 1.807) is 12.1 Å². The Balaban J connectivity index is 1.77. The largest absolute Gasteiger partial charge is 0.386 e. The van der Waals surface area contributed by atoms with Gasteiger partial charge in [-0.3, -0.25) is 9.59 Å². The van der Waals surface area contributed by atoms with Crippen LogP contribution in [0.5, 0.6) is 0 Å². The molecule has 0 aliphatic carbocycles. The Hall–Kier alpha value is -4.32. The summed E-state index contributed by atoms with van der Waals surface area (Å²) in [6.45, 7) is 0. The van der Waals surface area contributed by atoms with Crippen molar-refractivity contribution in [2.45, 2.75) is 0 Å². The van der Waals surface area contributed by atoms with E-state index in [4.69, 9.17) is 0 Å². The predicted octanol–water partition coefficient (Wildman–Crippen LogP) is 3.00. The van der Waals surface area contributed by atoms with E-state index in [1.807, 2.05) is 42.5 Å². The molecule has 6 rings (SSSR count). The standard InChI is InChI=1S/C24H11NO5/c26-21-16-10-18-19(24(29)30-23(18)28)11-17(16)22(27)25(21)20-7-3-6-14-8-12-4-1-2-5-13(12)9-15(14)20/h1-11H. The Morgan fingerprint density at radius 1 is 0.533 bits per heavy atom. The Bertz CT molecular complexity index is 1810. The van der Waals surface area contributed by atoms with Gasteiger partial charge < -0.3 is 4.42 Å². The molecule has 0 radical (unpaired) electrons. The number of rotatable bonds is 1. The third kappa shape index (κ3) is 2.07.